The molecule has 9 rings (SSSR count). The van der Waals surface area contributed by atoms with Gasteiger partial charge >= 0.3 is 0 Å². The molecule has 0 radical (unpaired) electrons. The van der Waals surface area contributed by atoms with Gasteiger partial charge in [0.05, 0.1) is 13.8 Å². The molecule has 2 aromatic heterocycles. The van der Waals surface area contributed by atoms with Crippen molar-refractivity contribution in [3.8, 4) is 0 Å². The van der Waals surface area contributed by atoms with Gasteiger partial charge in [0, 0.05) is 50.4 Å². The lowest BCUT2D eigenvalue weighted by Crippen LogP contribution is -2.37. The van der Waals surface area contributed by atoms with Crippen molar-refractivity contribution in [3.05, 3.63) is 133 Å². The Morgan fingerprint density at radius 2 is 1.07 bits per heavy atom. The Morgan fingerprint density at radius 3 is 1.87 bits per heavy atom. The molecule has 0 saturated heterocycles. The first-order valence-corrected chi connectivity index (χ1v) is 19.0. The van der Waals surface area contributed by atoms with Crippen LogP contribution in [0.5, 0.6) is 0 Å². The van der Waals surface area contributed by atoms with Crippen molar-refractivity contribution in [2.24, 2.45) is 0 Å². The Labute approximate surface area is 261 Å². The average Bonchev–Trinajstić information content (AvgIpc) is 3.63. The third-order valence-electron chi connectivity index (χ3n) is 9.20. The lowest BCUT2D eigenvalue weighted by atomic mass is 9.98. The summed E-state index contributed by atoms with van der Waals surface area (Å²) in [5.74, 6) is 0. The number of anilines is 3. The molecule has 0 atom stereocenters. The summed E-state index contributed by atoms with van der Waals surface area (Å²) in [7, 11) is -1.47. The summed E-state index contributed by atoms with van der Waals surface area (Å²) < 4.78 is 13.0. The number of hydrogen-bond acceptors (Lipinski definition) is 3. The van der Waals surface area contributed by atoms with Crippen molar-refractivity contribution in [3.63, 3.8) is 0 Å². The topological polar surface area (TPSA) is 29.5 Å². The highest BCUT2D eigenvalue weighted by molar-refractivity contribution is 6.88. The molecular weight excluding hydrogens is 567 g/mol. The predicted molar refractivity (Wildman–Crippen MR) is 194 cm³/mol. The first-order valence-electron chi connectivity index (χ1n) is 15.5. The summed E-state index contributed by atoms with van der Waals surface area (Å²) in [5, 5.41) is 10.8. The number of nitrogens with zero attached hydrogens (tertiary/aromatic N) is 1. The first-order chi connectivity index (χ1) is 21.9. The van der Waals surface area contributed by atoms with E-state index in [1.807, 2.05) is 12.1 Å². The van der Waals surface area contributed by atoms with E-state index in [9.17, 15) is 0 Å². The van der Waals surface area contributed by atoms with E-state index in [4.69, 9.17) is 8.83 Å². The summed E-state index contributed by atoms with van der Waals surface area (Å²) in [5.41, 5.74) is 6.75. The number of rotatable bonds is 4. The zero-order chi connectivity index (χ0) is 30.3. The number of benzene rings is 7. The summed E-state index contributed by atoms with van der Waals surface area (Å²) in [6.07, 6.45) is 0. The molecule has 3 nitrogen and oxygen atoms in total. The van der Waals surface area contributed by atoms with Crippen LogP contribution in [0.15, 0.2) is 142 Å². The van der Waals surface area contributed by atoms with Crippen LogP contribution in [0.2, 0.25) is 19.6 Å². The van der Waals surface area contributed by atoms with E-state index in [0.717, 1.165) is 55.6 Å². The highest BCUT2D eigenvalue weighted by atomic mass is 28.3. The van der Waals surface area contributed by atoms with Gasteiger partial charge in [0.2, 0.25) is 0 Å². The first kappa shape index (κ1) is 26.1. The number of hydrogen-bond donors (Lipinski definition) is 0. The molecular formula is C41H31NO2Si. The van der Waals surface area contributed by atoms with Crippen LogP contribution >= 0.6 is 0 Å². The van der Waals surface area contributed by atoms with Crippen LogP contribution in [-0.4, -0.2) is 8.07 Å². The van der Waals surface area contributed by atoms with E-state index in [2.05, 4.69) is 146 Å². The molecule has 0 amide bonds. The van der Waals surface area contributed by atoms with Crippen molar-refractivity contribution in [1.29, 1.82) is 0 Å². The fourth-order valence-corrected chi connectivity index (χ4v) is 8.13. The van der Waals surface area contributed by atoms with Gasteiger partial charge < -0.3 is 13.7 Å². The second-order valence-corrected chi connectivity index (χ2v) is 18.1. The molecule has 0 aliphatic heterocycles. The normalized spacial score (nSPS) is 12.3. The Hall–Kier alpha value is -5.32. The van der Waals surface area contributed by atoms with Crippen molar-refractivity contribution < 1.29 is 8.83 Å². The van der Waals surface area contributed by atoms with Gasteiger partial charge in [-0.1, -0.05) is 110 Å². The van der Waals surface area contributed by atoms with E-state index in [-0.39, 0.29) is 0 Å². The van der Waals surface area contributed by atoms with Crippen LogP contribution in [0.25, 0.3) is 65.4 Å². The molecule has 0 N–H and O–H groups in total. The van der Waals surface area contributed by atoms with E-state index in [0.29, 0.717) is 0 Å². The zero-order valence-corrected chi connectivity index (χ0v) is 26.5. The molecule has 45 heavy (non-hydrogen) atoms. The number of furan rings is 2. The molecule has 4 heteroatoms. The Balaban J connectivity index is 1.35. The minimum atomic E-state index is -1.47. The van der Waals surface area contributed by atoms with Crippen molar-refractivity contribution in [1.82, 2.24) is 0 Å². The van der Waals surface area contributed by atoms with Crippen molar-refractivity contribution in [2.75, 3.05) is 4.90 Å². The van der Waals surface area contributed by atoms with E-state index in [1.54, 1.807) is 0 Å². The smallest absolute Gasteiger partial charge is 0.138 e. The van der Waals surface area contributed by atoms with Gasteiger partial charge in [0.15, 0.2) is 0 Å². The second-order valence-electron chi connectivity index (χ2n) is 13.0. The third-order valence-corrected chi connectivity index (χ3v) is 11.3. The maximum atomic E-state index is 6.67. The lowest BCUT2D eigenvalue weighted by molar-refractivity contribution is 0.669. The molecule has 2 heterocycles. The van der Waals surface area contributed by atoms with Gasteiger partial charge in [0.25, 0.3) is 0 Å². The maximum Gasteiger partial charge on any atom is 0.138 e. The third kappa shape index (κ3) is 4.03. The summed E-state index contributed by atoms with van der Waals surface area (Å²) >= 11 is 0. The van der Waals surface area contributed by atoms with Gasteiger partial charge in [-0.3, -0.25) is 0 Å². The second kappa shape index (κ2) is 9.59. The largest absolute Gasteiger partial charge is 0.456 e. The molecule has 9 aromatic rings. The van der Waals surface area contributed by atoms with Crippen LogP contribution in [0.3, 0.4) is 0 Å². The van der Waals surface area contributed by atoms with Gasteiger partial charge in [0.1, 0.15) is 22.3 Å². The highest BCUT2D eigenvalue weighted by Crippen LogP contribution is 2.46. The Bertz CT molecular complexity index is 2580. The SMILES string of the molecule is C[Si](C)(C)c1ccc(N(c2ccc3c(c2)oc2ccccc23)c2cc3oc4ccc5ccccc5c4c3c3ccccc23)cc1. The van der Waals surface area contributed by atoms with Crippen LogP contribution in [0.4, 0.5) is 17.1 Å². The Morgan fingerprint density at radius 1 is 0.444 bits per heavy atom. The van der Waals surface area contributed by atoms with Crippen molar-refractivity contribution >= 4 is 95.7 Å². The summed E-state index contributed by atoms with van der Waals surface area (Å²) in [4.78, 5) is 2.35. The van der Waals surface area contributed by atoms with Gasteiger partial charge in [-0.2, -0.15) is 0 Å². The molecule has 0 unspecified atom stereocenters. The number of fused-ring (bicyclic) bond motifs is 10. The lowest BCUT2D eigenvalue weighted by Gasteiger charge is -2.28. The van der Waals surface area contributed by atoms with Crippen LogP contribution in [0, 0.1) is 0 Å². The van der Waals surface area contributed by atoms with Crippen LogP contribution in [0.1, 0.15) is 0 Å². The standard InChI is InChI=1S/C41H31NO2Si/c1-45(2,3)29-20-17-27(18-21-29)42(28-19-22-33-32-13-8-9-15-36(32)43-38(33)24-28)35-25-39-41(34-14-7-6-12-31(34)35)40-30-11-5-4-10-26(30)16-23-37(40)44-39/h4-25H,1-3H3. The molecule has 0 aliphatic carbocycles. The Kier molecular flexibility index (Phi) is 5.56. The zero-order valence-electron chi connectivity index (χ0n) is 25.5. The van der Waals surface area contributed by atoms with E-state index >= 15 is 0 Å². The molecule has 7 aromatic carbocycles. The molecule has 0 fully saturated rings. The molecule has 216 valence electrons. The quantitative estimate of drug-likeness (QED) is 0.189. The van der Waals surface area contributed by atoms with Crippen molar-refractivity contribution in [2.45, 2.75) is 19.6 Å². The van der Waals surface area contributed by atoms with Gasteiger partial charge in [-0.15, -0.1) is 0 Å². The molecule has 0 aliphatic rings. The van der Waals surface area contributed by atoms with Crippen LogP contribution in [-0.2, 0) is 0 Å². The average molecular weight is 598 g/mol. The molecule has 0 saturated carbocycles. The van der Waals surface area contributed by atoms with Crippen LogP contribution < -0.4 is 10.1 Å². The summed E-state index contributed by atoms with van der Waals surface area (Å²) in [6, 6.07) is 47.7. The fourth-order valence-electron chi connectivity index (χ4n) is 6.96. The highest BCUT2D eigenvalue weighted by Gasteiger charge is 2.23. The van der Waals surface area contributed by atoms with E-state index in [1.165, 1.54) is 32.1 Å². The van der Waals surface area contributed by atoms with Gasteiger partial charge in [-0.25, -0.2) is 0 Å². The summed E-state index contributed by atoms with van der Waals surface area (Å²) in [6.45, 7) is 7.17. The van der Waals surface area contributed by atoms with E-state index < -0.39 is 8.07 Å². The molecule has 0 spiro atoms. The predicted octanol–water partition coefficient (Wildman–Crippen LogP) is 11.8. The minimum Gasteiger partial charge on any atom is -0.456 e. The molecule has 0 bridgehead atoms. The fraction of sp³-hybridized carbons (Fsp3) is 0.0732. The van der Waals surface area contributed by atoms with Gasteiger partial charge in [-0.05, 0) is 52.6 Å². The maximum absolute atomic E-state index is 6.67. The number of para-hydroxylation sites is 1. The minimum absolute atomic E-state index is 0.873. The monoisotopic (exact) mass is 597 g/mol.